The Morgan fingerprint density at radius 1 is 1.67 bits per heavy atom. The standard InChI is InChI=1S/C4H7O.Na/c1-2-4-5-3-1;/h1H,2-4H2;. The fraction of sp³-hybridized carbons (Fsp3) is 1.00. The van der Waals surface area contributed by atoms with Gasteiger partial charge >= 0.3 is 55.5 Å². The van der Waals surface area contributed by atoms with E-state index >= 15 is 0 Å². The Kier molecular flexibility index (Phi) is 1.97. The van der Waals surface area contributed by atoms with Gasteiger partial charge in [0.05, 0.1) is 0 Å². The molecule has 0 aromatic carbocycles. The van der Waals surface area contributed by atoms with Gasteiger partial charge in [-0.05, 0) is 0 Å². The molecule has 0 aromatic rings. The molecule has 2 heteroatoms. The first-order valence-corrected chi connectivity index (χ1v) is 3.63. The number of ether oxygens (including phenoxy) is 1. The fourth-order valence-corrected chi connectivity index (χ4v) is 1.12. The average molecular weight is 94.1 g/mol. The molecule has 1 saturated heterocycles. The van der Waals surface area contributed by atoms with Crippen molar-refractivity contribution in [2.24, 2.45) is 0 Å². The average Bonchev–Trinajstić information content (AvgIpc) is 1.86. The van der Waals surface area contributed by atoms with Crippen molar-refractivity contribution < 1.29 is 4.74 Å². The quantitative estimate of drug-likeness (QED) is 0.394. The zero-order chi connectivity index (χ0) is 4.41. The first-order chi connectivity index (χ1) is 2.89. The second-order valence-corrected chi connectivity index (χ2v) is 3.60. The molecule has 0 radical (unpaired) electrons. The summed E-state index contributed by atoms with van der Waals surface area (Å²) in [6.07, 6.45) is 1.33. The van der Waals surface area contributed by atoms with Gasteiger partial charge < -0.3 is 0 Å². The Morgan fingerprint density at radius 2 is 2.50 bits per heavy atom. The molecule has 0 N–H and O–H groups in total. The van der Waals surface area contributed by atoms with Crippen LogP contribution in [0, 0.1) is 0 Å². The molecule has 1 heterocycles. The van der Waals surface area contributed by atoms with Crippen LogP contribution in [-0.4, -0.2) is 41.1 Å². The van der Waals surface area contributed by atoms with Crippen LogP contribution in [0.2, 0.25) is 3.17 Å². The topological polar surface area (TPSA) is 9.23 Å². The van der Waals surface area contributed by atoms with Crippen molar-refractivity contribution in [2.75, 3.05) is 13.2 Å². The third-order valence-electron chi connectivity index (χ3n) is 1.16. The molecule has 0 aromatic heterocycles. The van der Waals surface area contributed by atoms with E-state index in [1.54, 1.807) is 0 Å². The SMILES string of the molecule is [Na][CH]1CCOC1. The summed E-state index contributed by atoms with van der Waals surface area (Å²) in [4.78, 5) is 0. The van der Waals surface area contributed by atoms with Gasteiger partial charge in [0.15, 0.2) is 0 Å². The molecular weight excluding hydrogens is 87.0 g/mol. The van der Waals surface area contributed by atoms with E-state index < -0.39 is 0 Å². The van der Waals surface area contributed by atoms with E-state index in [0.29, 0.717) is 0 Å². The summed E-state index contributed by atoms with van der Waals surface area (Å²) in [5.74, 6) is 0. The minimum atomic E-state index is 0.963. The van der Waals surface area contributed by atoms with Gasteiger partial charge in [0.25, 0.3) is 0 Å². The van der Waals surface area contributed by atoms with Gasteiger partial charge in [-0.25, -0.2) is 0 Å². The number of hydrogen-bond donors (Lipinski definition) is 0. The van der Waals surface area contributed by atoms with Gasteiger partial charge in [0.2, 0.25) is 0 Å². The first-order valence-electron chi connectivity index (χ1n) is 2.47. The molecule has 30 valence electrons. The van der Waals surface area contributed by atoms with Crippen molar-refractivity contribution in [2.45, 2.75) is 9.59 Å². The summed E-state index contributed by atoms with van der Waals surface area (Å²) in [5, 5.41) is 0. The van der Waals surface area contributed by atoms with E-state index in [1.165, 1.54) is 34.4 Å². The zero-order valence-electron chi connectivity index (χ0n) is 4.11. The van der Waals surface area contributed by atoms with Crippen molar-refractivity contribution in [3.8, 4) is 0 Å². The molecule has 0 bridgehead atoms. The summed E-state index contributed by atoms with van der Waals surface area (Å²) in [5.41, 5.74) is 0. The van der Waals surface area contributed by atoms with Gasteiger partial charge in [0.1, 0.15) is 0 Å². The van der Waals surface area contributed by atoms with Crippen molar-refractivity contribution in [1.29, 1.82) is 0 Å². The normalized spacial score (nSPS) is 34.7. The molecule has 1 rings (SSSR count). The monoisotopic (exact) mass is 94.0 g/mol. The molecule has 0 amide bonds. The van der Waals surface area contributed by atoms with Crippen LogP contribution >= 0.6 is 0 Å². The third kappa shape index (κ3) is 1.23. The van der Waals surface area contributed by atoms with Gasteiger partial charge in [-0.3, -0.25) is 0 Å². The van der Waals surface area contributed by atoms with E-state index in [-0.39, 0.29) is 0 Å². The third-order valence-corrected chi connectivity index (χ3v) is 2.07. The Morgan fingerprint density at radius 3 is 2.67 bits per heavy atom. The molecule has 1 aliphatic heterocycles. The maximum absolute atomic E-state index is 5.09. The van der Waals surface area contributed by atoms with Gasteiger partial charge in [0, 0.05) is 0 Å². The van der Waals surface area contributed by atoms with Crippen LogP contribution in [0.5, 0.6) is 0 Å². The van der Waals surface area contributed by atoms with Gasteiger partial charge in [-0.2, -0.15) is 0 Å². The van der Waals surface area contributed by atoms with Crippen LogP contribution in [0.25, 0.3) is 0 Å². The van der Waals surface area contributed by atoms with Gasteiger partial charge in [-0.1, -0.05) is 0 Å². The molecule has 6 heavy (non-hydrogen) atoms. The van der Waals surface area contributed by atoms with Crippen molar-refractivity contribution in [3.05, 3.63) is 0 Å². The second kappa shape index (κ2) is 2.31. The number of rotatable bonds is 0. The summed E-state index contributed by atoms with van der Waals surface area (Å²) < 4.78 is 6.05. The molecule has 1 atom stereocenters. The molecule has 0 aliphatic carbocycles. The summed E-state index contributed by atoms with van der Waals surface area (Å²) in [6, 6.07) is 0. The Bertz CT molecular complexity index is 40.8. The zero-order valence-corrected chi connectivity index (χ0v) is 6.11. The number of hydrogen-bond acceptors (Lipinski definition) is 1. The van der Waals surface area contributed by atoms with Crippen LogP contribution in [-0.2, 0) is 4.74 Å². The summed E-state index contributed by atoms with van der Waals surface area (Å²) in [7, 11) is 0. The van der Waals surface area contributed by atoms with E-state index in [4.69, 9.17) is 4.74 Å². The van der Waals surface area contributed by atoms with Crippen molar-refractivity contribution in [3.63, 3.8) is 0 Å². The fourth-order valence-electron chi connectivity index (χ4n) is 0.652. The summed E-state index contributed by atoms with van der Waals surface area (Å²) >= 11 is 1.33. The molecule has 1 fully saturated rings. The first kappa shape index (κ1) is 5.10. The predicted molar refractivity (Wildman–Crippen MR) is 24.9 cm³/mol. The predicted octanol–water partition coefficient (Wildman–Crippen LogP) is 0.364. The van der Waals surface area contributed by atoms with E-state index in [0.717, 1.165) is 16.4 Å². The van der Waals surface area contributed by atoms with E-state index in [2.05, 4.69) is 0 Å². The van der Waals surface area contributed by atoms with Gasteiger partial charge in [-0.15, -0.1) is 0 Å². The van der Waals surface area contributed by atoms with Crippen LogP contribution in [0.15, 0.2) is 0 Å². The van der Waals surface area contributed by atoms with Crippen LogP contribution in [0.3, 0.4) is 0 Å². The maximum atomic E-state index is 5.09. The van der Waals surface area contributed by atoms with Crippen molar-refractivity contribution in [1.82, 2.24) is 0 Å². The molecular formula is C4H7NaO. The molecule has 1 aliphatic rings. The Labute approximate surface area is 55.5 Å². The van der Waals surface area contributed by atoms with Crippen LogP contribution in [0.1, 0.15) is 6.42 Å². The second-order valence-electron chi connectivity index (χ2n) is 1.97. The molecule has 1 unspecified atom stereocenters. The minimum absolute atomic E-state index is 0.963. The van der Waals surface area contributed by atoms with Crippen LogP contribution in [0.4, 0.5) is 0 Å². The Balaban J connectivity index is 2.18. The van der Waals surface area contributed by atoms with E-state index in [9.17, 15) is 0 Å². The summed E-state index contributed by atoms with van der Waals surface area (Å²) in [6.45, 7) is 2.07. The van der Waals surface area contributed by atoms with Crippen LogP contribution < -0.4 is 0 Å². The molecule has 0 spiro atoms. The molecule has 0 saturated carbocycles. The van der Waals surface area contributed by atoms with Crippen molar-refractivity contribution >= 4 is 27.9 Å². The Hall–Kier alpha value is 0.960. The molecule has 1 nitrogen and oxygen atoms in total. The van der Waals surface area contributed by atoms with E-state index in [1.807, 2.05) is 0 Å².